The van der Waals surface area contributed by atoms with Gasteiger partial charge < -0.3 is 9.13 Å². The molecule has 0 saturated heterocycles. The quantitative estimate of drug-likeness (QED) is 0.160. The minimum absolute atomic E-state index is 0.538. The van der Waals surface area contributed by atoms with E-state index in [9.17, 15) is 5.26 Å². The third kappa shape index (κ3) is 6.99. The van der Waals surface area contributed by atoms with Crippen molar-refractivity contribution in [3.8, 4) is 73.3 Å². The van der Waals surface area contributed by atoms with Crippen LogP contribution in [0.4, 0.5) is 0 Å². The molecule has 70 heavy (non-hydrogen) atoms. The molecule has 0 spiro atoms. The second-order valence-corrected chi connectivity index (χ2v) is 18.8. The normalized spacial score (nSPS) is 11.6. The van der Waals surface area contributed by atoms with Gasteiger partial charge in [0, 0.05) is 38.5 Å². The molecule has 5 nitrogen and oxygen atoms in total. The number of nitrogens with zero attached hydrogens (tertiary/aromatic N) is 5. The molecule has 12 aromatic rings. The summed E-state index contributed by atoms with van der Waals surface area (Å²) in [6, 6.07) is 70.4. The number of aryl methyl sites for hydroxylation is 6. The van der Waals surface area contributed by atoms with E-state index < -0.39 is 0 Å². The first-order chi connectivity index (χ1) is 34.1. The van der Waals surface area contributed by atoms with Gasteiger partial charge >= 0.3 is 0 Å². The summed E-state index contributed by atoms with van der Waals surface area (Å²) in [5.41, 5.74) is 22.5. The molecule has 0 saturated carbocycles. The van der Waals surface area contributed by atoms with Crippen molar-refractivity contribution in [3.05, 3.63) is 227 Å². The fraction of sp³-hybridized carbons (Fsp3) is 0.0923. The summed E-state index contributed by atoms with van der Waals surface area (Å²) < 4.78 is 4.65. The van der Waals surface area contributed by atoms with Crippen LogP contribution in [0, 0.1) is 52.9 Å². The molecule has 0 unspecified atom stereocenters. The standard InChI is InChI=1S/C65H49N5/c1-39-15-7-11-19-50(39)45-23-27-54-55-28-24-46(51-20-12-8-16-40(51)2)33-60(55)69(59(54)32-45)63-36-49(65-67-43(5)31-44(6)68-65)37-64(58(63)38-66)70-61-34-47(52-21-13-9-17-41(52)3)25-29-56(61)57-30-26-48(35-62(57)70)53-22-14-10-18-42(53)4/h7-37H,1-6H3. The molecular weight excluding hydrogens is 851 g/mol. The van der Waals surface area contributed by atoms with E-state index in [-0.39, 0.29) is 0 Å². The number of aromatic nitrogens is 4. The van der Waals surface area contributed by atoms with E-state index in [1.807, 2.05) is 19.9 Å². The topological polar surface area (TPSA) is 59.4 Å². The number of rotatable bonds is 7. The minimum Gasteiger partial charge on any atom is -0.308 e. The van der Waals surface area contributed by atoms with E-state index >= 15 is 0 Å². The maximum atomic E-state index is 12.0. The Morgan fingerprint density at radius 3 is 0.929 bits per heavy atom. The lowest BCUT2D eigenvalue weighted by Crippen LogP contribution is -2.06. The molecule has 334 valence electrons. The van der Waals surface area contributed by atoms with Crippen LogP contribution in [0.5, 0.6) is 0 Å². The van der Waals surface area contributed by atoms with E-state index in [1.54, 1.807) is 0 Å². The van der Waals surface area contributed by atoms with Gasteiger partial charge in [0.2, 0.25) is 0 Å². The van der Waals surface area contributed by atoms with Crippen molar-refractivity contribution in [1.29, 1.82) is 5.26 Å². The van der Waals surface area contributed by atoms with Gasteiger partial charge in [-0.25, -0.2) is 9.97 Å². The van der Waals surface area contributed by atoms with Crippen LogP contribution < -0.4 is 0 Å². The second-order valence-electron chi connectivity index (χ2n) is 18.8. The molecule has 9 aromatic carbocycles. The van der Waals surface area contributed by atoms with Crippen molar-refractivity contribution in [2.24, 2.45) is 0 Å². The predicted octanol–water partition coefficient (Wildman–Crippen LogP) is 16.7. The molecule has 0 aliphatic rings. The molecule has 0 radical (unpaired) electrons. The summed E-state index contributed by atoms with van der Waals surface area (Å²) in [6.45, 7) is 12.7. The molecular formula is C65H49N5. The Balaban J connectivity index is 1.25. The van der Waals surface area contributed by atoms with E-state index in [1.165, 1.54) is 44.5 Å². The highest BCUT2D eigenvalue weighted by molar-refractivity contribution is 6.13. The van der Waals surface area contributed by atoms with Crippen LogP contribution in [-0.2, 0) is 0 Å². The van der Waals surface area contributed by atoms with Gasteiger partial charge in [0.1, 0.15) is 11.6 Å². The zero-order valence-corrected chi connectivity index (χ0v) is 40.1. The van der Waals surface area contributed by atoms with Crippen LogP contribution in [0.1, 0.15) is 39.2 Å². The fourth-order valence-corrected chi connectivity index (χ4v) is 10.9. The molecule has 5 heteroatoms. The molecule has 0 N–H and O–H groups in total. The van der Waals surface area contributed by atoms with Crippen molar-refractivity contribution in [1.82, 2.24) is 19.1 Å². The molecule has 3 aromatic heterocycles. The Morgan fingerprint density at radius 2 is 0.643 bits per heavy atom. The largest absolute Gasteiger partial charge is 0.308 e. The second kappa shape index (κ2) is 16.7. The summed E-state index contributed by atoms with van der Waals surface area (Å²) in [5, 5.41) is 16.4. The fourth-order valence-electron chi connectivity index (χ4n) is 10.9. The van der Waals surface area contributed by atoms with Gasteiger partial charge in [0.25, 0.3) is 0 Å². The average Bonchev–Trinajstić information content (AvgIpc) is 3.87. The van der Waals surface area contributed by atoms with Gasteiger partial charge in [-0.2, -0.15) is 5.26 Å². The Hall–Kier alpha value is -8.85. The van der Waals surface area contributed by atoms with Crippen molar-refractivity contribution < 1.29 is 0 Å². The molecule has 0 fully saturated rings. The molecule has 0 bridgehead atoms. The van der Waals surface area contributed by atoms with Crippen molar-refractivity contribution in [2.45, 2.75) is 41.5 Å². The zero-order valence-electron chi connectivity index (χ0n) is 40.1. The number of nitriles is 1. The number of hydrogen-bond donors (Lipinski definition) is 0. The van der Waals surface area contributed by atoms with E-state index in [4.69, 9.17) is 9.97 Å². The van der Waals surface area contributed by atoms with Gasteiger partial charge in [-0.15, -0.1) is 0 Å². The first kappa shape index (κ1) is 42.5. The summed E-state index contributed by atoms with van der Waals surface area (Å²) in [4.78, 5) is 10.2. The SMILES string of the molecule is Cc1cc(C)nc(-c2cc(-n3c4cc(-c5ccccc5C)ccc4c4ccc(-c5ccccc5C)cc43)c(C#N)c(-n3c4cc(-c5ccccc5C)ccc4c4ccc(-c5ccccc5C)cc43)c2)n1. The molecule has 3 heterocycles. The number of hydrogen-bond acceptors (Lipinski definition) is 3. The van der Waals surface area contributed by atoms with Gasteiger partial charge in [0.05, 0.1) is 33.4 Å². The molecule has 0 aliphatic heterocycles. The highest BCUT2D eigenvalue weighted by atomic mass is 15.0. The van der Waals surface area contributed by atoms with Crippen LogP contribution in [0.25, 0.3) is 111 Å². The van der Waals surface area contributed by atoms with Crippen LogP contribution in [0.2, 0.25) is 0 Å². The van der Waals surface area contributed by atoms with E-state index in [0.29, 0.717) is 11.4 Å². The van der Waals surface area contributed by atoms with Gasteiger partial charge in [-0.05, 0) is 151 Å². The monoisotopic (exact) mass is 899 g/mol. The van der Waals surface area contributed by atoms with Crippen molar-refractivity contribution in [2.75, 3.05) is 0 Å². The van der Waals surface area contributed by atoms with E-state index in [2.05, 4.69) is 225 Å². The van der Waals surface area contributed by atoms with Crippen LogP contribution in [0.15, 0.2) is 188 Å². The van der Waals surface area contributed by atoms with Gasteiger partial charge in [-0.1, -0.05) is 146 Å². The molecule has 0 atom stereocenters. The Bertz CT molecular complexity index is 3700. The maximum absolute atomic E-state index is 12.0. The molecule has 0 aliphatic carbocycles. The molecule has 0 amide bonds. The first-order valence-electron chi connectivity index (χ1n) is 24.0. The van der Waals surface area contributed by atoms with Crippen molar-refractivity contribution >= 4 is 43.6 Å². The lowest BCUT2D eigenvalue weighted by Gasteiger charge is -2.19. The summed E-state index contributed by atoms with van der Waals surface area (Å²) in [5.74, 6) is 0.605. The maximum Gasteiger partial charge on any atom is 0.159 e. The minimum atomic E-state index is 0.538. The molecule has 12 rings (SSSR count). The lowest BCUT2D eigenvalue weighted by atomic mass is 9.98. The van der Waals surface area contributed by atoms with Crippen LogP contribution >= 0.6 is 0 Å². The third-order valence-electron chi connectivity index (χ3n) is 14.3. The Morgan fingerprint density at radius 1 is 0.343 bits per heavy atom. The zero-order chi connectivity index (χ0) is 47.8. The Labute approximate surface area is 408 Å². The Kier molecular flexibility index (Phi) is 10.2. The summed E-state index contributed by atoms with van der Waals surface area (Å²) in [6.07, 6.45) is 0. The van der Waals surface area contributed by atoms with E-state index in [0.717, 1.165) is 94.2 Å². The average molecular weight is 900 g/mol. The highest BCUT2D eigenvalue weighted by Crippen LogP contribution is 2.44. The smallest absolute Gasteiger partial charge is 0.159 e. The predicted molar refractivity (Wildman–Crippen MR) is 291 cm³/mol. The first-order valence-corrected chi connectivity index (χ1v) is 24.0. The van der Waals surface area contributed by atoms with Gasteiger partial charge in [0.15, 0.2) is 5.82 Å². The van der Waals surface area contributed by atoms with Crippen LogP contribution in [-0.4, -0.2) is 19.1 Å². The third-order valence-corrected chi connectivity index (χ3v) is 14.3. The summed E-state index contributed by atoms with van der Waals surface area (Å²) >= 11 is 0. The lowest BCUT2D eigenvalue weighted by molar-refractivity contribution is 1.05. The van der Waals surface area contributed by atoms with Gasteiger partial charge in [-0.3, -0.25) is 0 Å². The summed E-state index contributed by atoms with van der Waals surface area (Å²) in [7, 11) is 0. The number of fused-ring (bicyclic) bond motifs is 6. The van der Waals surface area contributed by atoms with Crippen molar-refractivity contribution in [3.63, 3.8) is 0 Å². The van der Waals surface area contributed by atoms with Crippen LogP contribution in [0.3, 0.4) is 0 Å². The highest BCUT2D eigenvalue weighted by Gasteiger charge is 2.25. The number of benzene rings is 9.